The third kappa shape index (κ3) is 5.45. The highest BCUT2D eigenvalue weighted by molar-refractivity contribution is 5.96. The second-order valence-corrected chi connectivity index (χ2v) is 9.75. The molecule has 0 radical (unpaired) electrons. The zero-order valence-electron chi connectivity index (χ0n) is 20.7. The molecule has 1 aliphatic rings. The molecule has 1 saturated carbocycles. The van der Waals surface area contributed by atoms with Crippen LogP contribution in [0.1, 0.15) is 57.3 Å². The molecular weight excluding hydrogens is 444 g/mol. The van der Waals surface area contributed by atoms with Crippen molar-refractivity contribution in [3.8, 4) is 5.69 Å². The predicted molar refractivity (Wildman–Crippen MR) is 143 cm³/mol. The molecule has 5 nitrogen and oxygen atoms in total. The normalized spacial score (nSPS) is 13.8. The van der Waals surface area contributed by atoms with Gasteiger partial charge in [-0.25, -0.2) is 9.53 Å². The average molecular weight is 475 g/mol. The first-order valence-corrected chi connectivity index (χ1v) is 12.5. The number of nitrogens with one attached hydrogen (secondary N) is 1. The Balaban J connectivity index is 1.41. The van der Waals surface area contributed by atoms with Crippen molar-refractivity contribution in [2.24, 2.45) is 5.92 Å². The Bertz CT molecular complexity index is 1420. The molecule has 1 atom stereocenters. The van der Waals surface area contributed by atoms with E-state index in [0.29, 0.717) is 11.4 Å². The van der Waals surface area contributed by atoms with Crippen molar-refractivity contribution >= 4 is 11.5 Å². The standard InChI is InChI=1S/C31H30N4O/c1-21-10-14-25(15-11-21)31(33-20-23-12-13-23)26-7-4-6-24(17-26)18-30(36)29-16-22(2)34-35(29)28-9-5-8-27(19-28)32-3/h4-11,14-17,19,23,31,33H,12-13,18,20H2,1-2H3. The van der Waals surface area contributed by atoms with Crippen LogP contribution in [0, 0.1) is 26.3 Å². The zero-order valence-corrected chi connectivity index (χ0v) is 20.7. The summed E-state index contributed by atoms with van der Waals surface area (Å²) in [6, 6.07) is 26.1. The minimum absolute atomic E-state index is 0.00112. The fourth-order valence-electron chi connectivity index (χ4n) is 4.54. The molecule has 5 rings (SSSR count). The summed E-state index contributed by atoms with van der Waals surface area (Å²) in [5.74, 6) is 0.770. The summed E-state index contributed by atoms with van der Waals surface area (Å²) in [5.41, 5.74) is 7.16. The number of aromatic nitrogens is 2. The lowest BCUT2D eigenvalue weighted by Gasteiger charge is -2.21. The minimum atomic E-state index is -0.00112. The van der Waals surface area contributed by atoms with Crippen LogP contribution in [0.2, 0.25) is 0 Å². The van der Waals surface area contributed by atoms with Gasteiger partial charge in [0.2, 0.25) is 0 Å². The highest BCUT2D eigenvalue weighted by atomic mass is 16.1. The molecule has 0 saturated heterocycles. The van der Waals surface area contributed by atoms with Crippen LogP contribution in [0.15, 0.2) is 78.9 Å². The number of Topliss-reactive ketones (excluding diaryl/α,β-unsaturated/α-hetero) is 1. The summed E-state index contributed by atoms with van der Waals surface area (Å²) < 4.78 is 1.66. The summed E-state index contributed by atoms with van der Waals surface area (Å²) in [5, 5.41) is 8.31. The van der Waals surface area contributed by atoms with E-state index in [1.54, 1.807) is 16.8 Å². The van der Waals surface area contributed by atoms with Crippen LogP contribution in [0.4, 0.5) is 5.69 Å². The molecule has 180 valence electrons. The van der Waals surface area contributed by atoms with E-state index in [1.807, 2.05) is 37.3 Å². The fraction of sp³-hybridized carbons (Fsp3) is 0.258. The van der Waals surface area contributed by atoms with Crippen LogP contribution in [-0.4, -0.2) is 22.1 Å². The van der Waals surface area contributed by atoms with E-state index in [1.165, 1.54) is 29.5 Å². The number of carbonyl (C=O) groups is 1. The Morgan fingerprint density at radius 3 is 2.56 bits per heavy atom. The first kappa shape index (κ1) is 23.7. The molecule has 36 heavy (non-hydrogen) atoms. The van der Waals surface area contributed by atoms with Crippen LogP contribution in [0.3, 0.4) is 0 Å². The van der Waals surface area contributed by atoms with E-state index in [9.17, 15) is 4.79 Å². The van der Waals surface area contributed by atoms with Crippen LogP contribution in [0.25, 0.3) is 10.5 Å². The molecule has 0 bridgehead atoms. The van der Waals surface area contributed by atoms with E-state index in [2.05, 4.69) is 58.6 Å². The number of hydrogen-bond acceptors (Lipinski definition) is 3. The zero-order chi connectivity index (χ0) is 25.1. The van der Waals surface area contributed by atoms with Crippen LogP contribution < -0.4 is 5.32 Å². The van der Waals surface area contributed by atoms with E-state index >= 15 is 0 Å². The van der Waals surface area contributed by atoms with Gasteiger partial charge in [-0.3, -0.25) is 4.79 Å². The molecule has 5 heteroatoms. The maximum atomic E-state index is 13.5. The van der Waals surface area contributed by atoms with Gasteiger partial charge in [-0.2, -0.15) is 5.10 Å². The lowest BCUT2D eigenvalue weighted by molar-refractivity contribution is 0.0985. The molecule has 1 aliphatic carbocycles. The summed E-state index contributed by atoms with van der Waals surface area (Å²) >= 11 is 0. The molecular formula is C31H30N4O. The van der Waals surface area contributed by atoms with Gasteiger partial charge in [0.25, 0.3) is 0 Å². The Morgan fingerprint density at radius 1 is 1.03 bits per heavy atom. The number of nitrogens with zero attached hydrogens (tertiary/aromatic N) is 3. The van der Waals surface area contributed by atoms with Crippen molar-refractivity contribution < 1.29 is 4.79 Å². The molecule has 0 amide bonds. The van der Waals surface area contributed by atoms with Gasteiger partial charge in [-0.05, 0) is 74.0 Å². The molecule has 1 N–H and O–H groups in total. The Labute approximate surface area is 212 Å². The Morgan fingerprint density at radius 2 is 1.81 bits per heavy atom. The van der Waals surface area contributed by atoms with Gasteiger partial charge in [-0.1, -0.05) is 66.2 Å². The fourth-order valence-corrected chi connectivity index (χ4v) is 4.54. The molecule has 0 aliphatic heterocycles. The lowest BCUT2D eigenvalue weighted by atomic mass is 9.95. The molecule has 1 heterocycles. The molecule has 4 aromatic rings. The largest absolute Gasteiger partial charge is 0.306 e. The Kier molecular flexibility index (Phi) is 6.79. The van der Waals surface area contributed by atoms with E-state index < -0.39 is 0 Å². The van der Waals surface area contributed by atoms with Gasteiger partial charge in [0.1, 0.15) is 5.69 Å². The molecule has 1 aromatic heterocycles. The smallest absolute Gasteiger partial charge is 0.189 e. The van der Waals surface area contributed by atoms with E-state index in [-0.39, 0.29) is 18.2 Å². The topological polar surface area (TPSA) is 51.3 Å². The van der Waals surface area contributed by atoms with Crippen molar-refractivity contribution in [3.63, 3.8) is 0 Å². The molecule has 3 aromatic carbocycles. The summed E-state index contributed by atoms with van der Waals surface area (Å²) in [4.78, 5) is 17.0. The third-order valence-corrected chi connectivity index (χ3v) is 6.69. The van der Waals surface area contributed by atoms with Crippen molar-refractivity contribution in [2.45, 2.75) is 39.2 Å². The van der Waals surface area contributed by atoms with Gasteiger partial charge in [0.05, 0.1) is 24.0 Å². The van der Waals surface area contributed by atoms with Crippen LogP contribution in [0.5, 0.6) is 0 Å². The van der Waals surface area contributed by atoms with E-state index in [0.717, 1.165) is 29.4 Å². The van der Waals surface area contributed by atoms with Crippen molar-refractivity contribution in [2.75, 3.05) is 6.54 Å². The summed E-state index contributed by atoms with van der Waals surface area (Å²) in [6.45, 7) is 12.3. The highest BCUT2D eigenvalue weighted by Crippen LogP contribution is 2.30. The second-order valence-electron chi connectivity index (χ2n) is 9.75. The van der Waals surface area contributed by atoms with Gasteiger partial charge in [0, 0.05) is 6.42 Å². The molecule has 1 unspecified atom stereocenters. The number of hydrogen-bond donors (Lipinski definition) is 1. The van der Waals surface area contributed by atoms with E-state index in [4.69, 9.17) is 6.57 Å². The maximum absolute atomic E-state index is 13.5. The SMILES string of the molecule is [C-]#[N+]c1cccc(-n2nc(C)cc2C(=O)Cc2cccc(C(NCC3CC3)c3ccc(C)cc3)c2)c1. The number of ketones is 1. The first-order chi connectivity index (χ1) is 17.5. The van der Waals surface area contributed by atoms with Crippen molar-refractivity contribution in [1.29, 1.82) is 0 Å². The Hall–Kier alpha value is -4.01. The number of benzene rings is 3. The predicted octanol–water partition coefficient (Wildman–Crippen LogP) is 6.55. The maximum Gasteiger partial charge on any atom is 0.189 e. The van der Waals surface area contributed by atoms with Crippen LogP contribution >= 0.6 is 0 Å². The molecule has 0 spiro atoms. The van der Waals surface area contributed by atoms with Crippen molar-refractivity contribution in [1.82, 2.24) is 15.1 Å². The van der Waals surface area contributed by atoms with Gasteiger partial charge in [-0.15, -0.1) is 0 Å². The van der Waals surface area contributed by atoms with Gasteiger partial charge < -0.3 is 5.32 Å². The lowest BCUT2D eigenvalue weighted by Crippen LogP contribution is -2.24. The quantitative estimate of drug-likeness (QED) is 0.221. The van der Waals surface area contributed by atoms with Gasteiger partial charge in [0.15, 0.2) is 11.5 Å². The second kappa shape index (κ2) is 10.3. The van der Waals surface area contributed by atoms with Crippen LogP contribution in [-0.2, 0) is 6.42 Å². The monoisotopic (exact) mass is 474 g/mol. The summed E-state index contributed by atoms with van der Waals surface area (Å²) in [6.07, 6.45) is 2.88. The number of rotatable bonds is 9. The number of carbonyl (C=O) groups excluding carboxylic acids is 1. The average Bonchev–Trinajstić information content (AvgIpc) is 3.64. The molecule has 1 fully saturated rings. The third-order valence-electron chi connectivity index (χ3n) is 6.69. The minimum Gasteiger partial charge on any atom is -0.306 e. The van der Waals surface area contributed by atoms with Crippen molar-refractivity contribution in [3.05, 3.63) is 124 Å². The highest BCUT2D eigenvalue weighted by Gasteiger charge is 2.24. The number of aryl methyl sites for hydroxylation is 2. The van der Waals surface area contributed by atoms with Gasteiger partial charge >= 0.3 is 0 Å². The first-order valence-electron chi connectivity index (χ1n) is 12.5. The summed E-state index contributed by atoms with van der Waals surface area (Å²) in [7, 11) is 0.